The van der Waals surface area contributed by atoms with Crippen LogP contribution in [0.25, 0.3) is 11.4 Å². The zero-order valence-corrected chi connectivity index (χ0v) is 11.5. The Morgan fingerprint density at radius 3 is 3.00 bits per heavy atom. The summed E-state index contributed by atoms with van der Waals surface area (Å²) >= 11 is 0. The zero-order chi connectivity index (χ0) is 13.4. The summed E-state index contributed by atoms with van der Waals surface area (Å²) in [7, 11) is 0. The van der Waals surface area contributed by atoms with Crippen LogP contribution >= 0.6 is 0 Å². The van der Waals surface area contributed by atoms with E-state index in [0.717, 1.165) is 17.4 Å². The second-order valence-corrected chi connectivity index (χ2v) is 5.96. The molecule has 20 heavy (non-hydrogen) atoms. The Morgan fingerprint density at radius 1 is 1.20 bits per heavy atom. The summed E-state index contributed by atoms with van der Waals surface area (Å²) in [6.07, 6.45) is 5.50. The van der Waals surface area contributed by atoms with Crippen LogP contribution in [0.4, 0.5) is 0 Å². The molecule has 3 unspecified atom stereocenters. The molecule has 2 fully saturated rings. The van der Waals surface area contributed by atoms with Gasteiger partial charge >= 0.3 is 0 Å². The molecule has 2 saturated carbocycles. The summed E-state index contributed by atoms with van der Waals surface area (Å²) in [6.45, 7) is 0.688. The van der Waals surface area contributed by atoms with Gasteiger partial charge in [-0.05, 0) is 24.7 Å². The molecule has 0 saturated heterocycles. The number of hydrogen-bond donors (Lipinski definition) is 1. The van der Waals surface area contributed by atoms with Gasteiger partial charge in [0.15, 0.2) is 0 Å². The van der Waals surface area contributed by atoms with E-state index in [0.29, 0.717) is 24.3 Å². The number of rotatable bonds is 4. The Kier molecular flexibility index (Phi) is 3.03. The van der Waals surface area contributed by atoms with Crippen LogP contribution in [0.3, 0.4) is 0 Å². The molecule has 4 rings (SSSR count). The summed E-state index contributed by atoms with van der Waals surface area (Å²) in [4.78, 5) is 4.46. The van der Waals surface area contributed by atoms with Crippen LogP contribution in [-0.4, -0.2) is 16.2 Å². The van der Waals surface area contributed by atoms with Crippen LogP contribution in [0.2, 0.25) is 0 Å². The largest absolute Gasteiger partial charge is 0.338 e. The van der Waals surface area contributed by atoms with E-state index in [1.165, 1.54) is 25.7 Å². The monoisotopic (exact) mass is 269 g/mol. The van der Waals surface area contributed by atoms with Gasteiger partial charge < -0.3 is 9.84 Å². The highest BCUT2D eigenvalue weighted by molar-refractivity contribution is 5.53. The van der Waals surface area contributed by atoms with Crippen molar-refractivity contribution in [3.63, 3.8) is 0 Å². The Morgan fingerprint density at radius 2 is 2.10 bits per heavy atom. The minimum absolute atomic E-state index is 0.654. The van der Waals surface area contributed by atoms with E-state index in [1.54, 1.807) is 0 Å². The van der Waals surface area contributed by atoms with Crippen LogP contribution in [-0.2, 0) is 6.54 Å². The molecule has 0 spiro atoms. The second kappa shape index (κ2) is 5.02. The van der Waals surface area contributed by atoms with Crippen LogP contribution in [0.15, 0.2) is 34.9 Å². The maximum absolute atomic E-state index is 5.34. The van der Waals surface area contributed by atoms with E-state index in [4.69, 9.17) is 4.52 Å². The smallest absolute Gasteiger partial charge is 0.240 e. The van der Waals surface area contributed by atoms with Gasteiger partial charge in [0.25, 0.3) is 0 Å². The Labute approximate surface area is 118 Å². The molecule has 2 aliphatic carbocycles. The molecule has 2 aromatic rings. The molecule has 1 heterocycles. The first-order valence-electron chi connectivity index (χ1n) is 7.51. The van der Waals surface area contributed by atoms with Gasteiger partial charge in [0.2, 0.25) is 11.7 Å². The van der Waals surface area contributed by atoms with Gasteiger partial charge in [0.05, 0.1) is 6.54 Å². The minimum Gasteiger partial charge on any atom is -0.338 e. The fourth-order valence-electron chi connectivity index (χ4n) is 3.41. The average molecular weight is 269 g/mol. The van der Waals surface area contributed by atoms with Gasteiger partial charge in [-0.2, -0.15) is 4.98 Å². The molecular formula is C16H19N3O. The lowest BCUT2D eigenvalue weighted by atomic mass is 9.95. The predicted octanol–water partition coefficient (Wildman–Crippen LogP) is 3.01. The van der Waals surface area contributed by atoms with Crippen LogP contribution in [0.1, 0.15) is 31.6 Å². The molecular weight excluding hydrogens is 250 g/mol. The fourth-order valence-corrected chi connectivity index (χ4v) is 3.41. The molecule has 1 N–H and O–H groups in total. The highest BCUT2D eigenvalue weighted by atomic mass is 16.5. The van der Waals surface area contributed by atoms with Gasteiger partial charge in [-0.3, -0.25) is 0 Å². The first-order valence-corrected chi connectivity index (χ1v) is 7.51. The van der Waals surface area contributed by atoms with E-state index in [1.807, 2.05) is 30.3 Å². The van der Waals surface area contributed by atoms with Gasteiger partial charge in [0.1, 0.15) is 0 Å². The van der Waals surface area contributed by atoms with Crippen LogP contribution in [0.5, 0.6) is 0 Å². The number of nitrogens with zero attached hydrogens (tertiary/aromatic N) is 2. The summed E-state index contributed by atoms with van der Waals surface area (Å²) in [5.74, 6) is 3.26. The standard InChI is InChI=1S/C16H19N3O/c1-2-5-11(6-3-1)16-18-15(20-19-16)10-17-14-8-4-7-12-9-13(12)14/h1-3,5-6,12-14,17H,4,7-10H2. The van der Waals surface area contributed by atoms with Gasteiger partial charge in [-0.1, -0.05) is 48.3 Å². The molecule has 4 nitrogen and oxygen atoms in total. The molecule has 0 bridgehead atoms. The van der Waals surface area contributed by atoms with Gasteiger partial charge in [-0.25, -0.2) is 0 Å². The predicted molar refractivity (Wildman–Crippen MR) is 75.8 cm³/mol. The summed E-state index contributed by atoms with van der Waals surface area (Å²) < 4.78 is 5.34. The molecule has 0 aliphatic heterocycles. The maximum Gasteiger partial charge on any atom is 0.240 e. The SMILES string of the molecule is c1ccc(-c2noc(CNC3CCCC4CC43)n2)cc1. The van der Waals surface area contributed by atoms with Crippen molar-refractivity contribution in [1.82, 2.24) is 15.5 Å². The van der Waals surface area contributed by atoms with Crippen molar-refractivity contribution in [3.8, 4) is 11.4 Å². The molecule has 1 aromatic carbocycles. The molecule has 3 atom stereocenters. The van der Waals surface area contributed by atoms with Gasteiger partial charge in [0, 0.05) is 11.6 Å². The first-order chi connectivity index (χ1) is 9.90. The maximum atomic E-state index is 5.34. The number of hydrogen-bond acceptors (Lipinski definition) is 4. The van der Waals surface area contributed by atoms with E-state index in [2.05, 4.69) is 15.5 Å². The van der Waals surface area contributed by atoms with Crippen molar-refractivity contribution in [3.05, 3.63) is 36.2 Å². The molecule has 0 amide bonds. The third kappa shape index (κ3) is 2.36. The number of fused-ring (bicyclic) bond motifs is 1. The Bertz CT molecular complexity index is 580. The molecule has 0 radical (unpaired) electrons. The summed E-state index contributed by atoms with van der Waals surface area (Å²) in [6, 6.07) is 10.6. The Hall–Kier alpha value is -1.68. The molecule has 4 heteroatoms. The fraction of sp³-hybridized carbons (Fsp3) is 0.500. The number of aromatic nitrogens is 2. The topological polar surface area (TPSA) is 51.0 Å². The second-order valence-electron chi connectivity index (χ2n) is 5.96. The average Bonchev–Trinajstić information content (AvgIpc) is 3.15. The quantitative estimate of drug-likeness (QED) is 0.927. The third-order valence-electron chi connectivity index (χ3n) is 4.60. The van der Waals surface area contributed by atoms with Crippen molar-refractivity contribution in [2.24, 2.45) is 11.8 Å². The van der Waals surface area contributed by atoms with Crippen LogP contribution < -0.4 is 5.32 Å². The van der Waals surface area contributed by atoms with Crippen molar-refractivity contribution < 1.29 is 4.52 Å². The third-order valence-corrected chi connectivity index (χ3v) is 4.60. The summed E-state index contributed by atoms with van der Waals surface area (Å²) in [5, 5.41) is 7.65. The lowest BCUT2D eigenvalue weighted by Gasteiger charge is -2.21. The molecule has 104 valence electrons. The van der Waals surface area contributed by atoms with E-state index < -0.39 is 0 Å². The van der Waals surface area contributed by atoms with Crippen molar-refractivity contribution in [2.45, 2.75) is 38.3 Å². The van der Waals surface area contributed by atoms with Gasteiger partial charge in [-0.15, -0.1) is 0 Å². The molecule has 1 aromatic heterocycles. The lowest BCUT2D eigenvalue weighted by molar-refractivity contribution is 0.316. The van der Waals surface area contributed by atoms with E-state index >= 15 is 0 Å². The van der Waals surface area contributed by atoms with Crippen LogP contribution in [0, 0.1) is 11.8 Å². The van der Waals surface area contributed by atoms with Crippen molar-refractivity contribution in [2.75, 3.05) is 0 Å². The molecule has 2 aliphatic rings. The first kappa shape index (κ1) is 12.1. The highest BCUT2D eigenvalue weighted by Crippen LogP contribution is 2.49. The number of nitrogens with one attached hydrogen (secondary N) is 1. The van der Waals surface area contributed by atoms with Crippen molar-refractivity contribution >= 4 is 0 Å². The minimum atomic E-state index is 0.654. The van der Waals surface area contributed by atoms with Crippen molar-refractivity contribution in [1.29, 1.82) is 0 Å². The normalized spacial score (nSPS) is 28.1. The van der Waals surface area contributed by atoms with E-state index in [-0.39, 0.29) is 0 Å². The number of benzene rings is 1. The summed E-state index contributed by atoms with van der Waals surface area (Å²) in [5.41, 5.74) is 1.00. The zero-order valence-electron chi connectivity index (χ0n) is 11.5. The highest BCUT2D eigenvalue weighted by Gasteiger charge is 2.44. The van der Waals surface area contributed by atoms with E-state index in [9.17, 15) is 0 Å². The Balaban J connectivity index is 1.39. The lowest BCUT2D eigenvalue weighted by Crippen LogP contribution is -2.33.